The first-order valence-corrected chi connectivity index (χ1v) is 8.94. The topological polar surface area (TPSA) is 28.7 Å². The number of nitriles is 1. The normalized spacial score (nSPS) is 10.9. The van der Waals surface area contributed by atoms with Crippen LogP contribution in [0.3, 0.4) is 0 Å². The Kier molecular flexibility index (Phi) is 3.52. The lowest BCUT2D eigenvalue weighted by Gasteiger charge is -2.09. The number of rotatable bonds is 2. The van der Waals surface area contributed by atoms with Crippen molar-refractivity contribution in [2.24, 2.45) is 0 Å². The highest BCUT2D eigenvalue weighted by atomic mass is 15.0. The minimum atomic E-state index is 0.681. The van der Waals surface area contributed by atoms with E-state index in [1.54, 1.807) is 0 Å². The molecule has 0 aliphatic heterocycles. The lowest BCUT2D eigenvalue weighted by atomic mass is 10.0. The zero-order valence-electron chi connectivity index (χ0n) is 14.6. The molecule has 0 amide bonds. The van der Waals surface area contributed by atoms with Crippen LogP contribution in [-0.4, -0.2) is 4.57 Å². The Labute approximate surface area is 157 Å². The molecule has 5 aromatic rings. The summed E-state index contributed by atoms with van der Waals surface area (Å²) in [6, 6.07) is 35.5. The molecule has 5 rings (SSSR count). The summed E-state index contributed by atoms with van der Waals surface area (Å²) in [5.74, 6) is 0. The van der Waals surface area contributed by atoms with Gasteiger partial charge in [0, 0.05) is 16.5 Å². The zero-order chi connectivity index (χ0) is 18.2. The Morgan fingerprint density at radius 1 is 0.556 bits per heavy atom. The third-order valence-electron chi connectivity index (χ3n) is 5.05. The van der Waals surface area contributed by atoms with Gasteiger partial charge in [-0.1, -0.05) is 60.7 Å². The van der Waals surface area contributed by atoms with Crippen molar-refractivity contribution in [3.63, 3.8) is 0 Å². The molecule has 1 aromatic heterocycles. The quantitative estimate of drug-likeness (QED) is 0.368. The average molecular weight is 344 g/mol. The van der Waals surface area contributed by atoms with E-state index in [9.17, 15) is 0 Å². The van der Waals surface area contributed by atoms with Gasteiger partial charge in [-0.25, -0.2) is 0 Å². The minimum absolute atomic E-state index is 0.681. The number of benzene rings is 4. The molecule has 126 valence electrons. The van der Waals surface area contributed by atoms with Gasteiger partial charge in [0.2, 0.25) is 0 Å². The summed E-state index contributed by atoms with van der Waals surface area (Å²) in [7, 11) is 0. The van der Waals surface area contributed by atoms with Crippen LogP contribution in [0, 0.1) is 11.3 Å². The van der Waals surface area contributed by atoms with Gasteiger partial charge < -0.3 is 4.57 Å². The van der Waals surface area contributed by atoms with E-state index in [4.69, 9.17) is 5.26 Å². The van der Waals surface area contributed by atoms with Gasteiger partial charge in [0.15, 0.2) is 0 Å². The van der Waals surface area contributed by atoms with Gasteiger partial charge in [-0.15, -0.1) is 0 Å². The SMILES string of the molecule is N#Cc1ccc(-c2ccc(-n3c4ccccc4c4ccccc43)cc2)cc1. The Morgan fingerprint density at radius 2 is 1.04 bits per heavy atom. The summed E-state index contributed by atoms with van der Waals surface area (Å²) in [4.78, 5) is 0. The minimum Gasteiger partial charge on any atom is -0.309 e. The van der Waals surface area contributed by atoms with E-state index in [0.717, 1.165) is 16.8 Å². The smallest absolute Gasteiger partial charge is 0.0991 e. The van der Waals surface area contributed by atoms with Crippen LogP contribution < -0.4 is 0 Å². The van der Waals surface area contributed by atoms with Crippen molar-refractivity contribution in [2.45, 2.75) is 0 Å². The predicted octanol–water partition coefficient (Wildman–Crippen LogP) is 6.32. The highest BCUT2D eigenvalue weighted by Gasteiger charge is 2.11. The zero-order valence-corrected chi connectivity index (χ0v) is 14.6. The molecular formula is C25H16N2. The number of hydrogen-bond donors (Lipinski definition) is 0. The number of aromatic nitrogens is 1. The molecular weight excluding hydrogens is 328 g/mol. The molecule has 27 heavy (non-hydrogen) atoms. The summed E-state index contributed by atoms with van der Waals surface area (Å²) < 4.78 is 2.31. The van der Waals surface area contributed by atoms with Crippen molar-refractivity contribution >= 4 is 21.8 Å². The van der Waals surface area contributed by atoms with Crippen LogP contribution in [-0.2, 0) is 0 Å². The number of para-hydroxylation sites is 2. The first kappa shape index (κ1) is 15.4. The van der Waals surface area contributed by atoms with Gasteiger partial charge in [0.25, 0.3) is 0 Å². The lowest BCUT2D eigenvalue weighted by molar-refractivity contribution is 1.18. The van der Waals surface area contributed by atoms with Gasteiger partial charge in [-0.2, -0.15) is 5.26 Å². The standard InChI is InChI=1S/C25H16N2/c26-17-18-9-11-19(12-10-18)20-13-15-21(16-14-20)27-24-7-3-1-5-22(24)23-6-2-4-8-25(23)27/h1-16H. The molecule has 0 aliphatic rings. The Bertz CT molecular complexity index is 1250. The van der Waals surface area contributed by atoms with Crippen molar-refractivity contribution in [1.29, 1.82) is 5.26 Å². The van der Waals surface area contributed by atoms with Gasteiger partial charge in [-0.3, -0.25) is 0 Å². The molecule has 1 heterocycles. The largest absolute Gasteiger partial charge is 0.309 e. The van der Waals surface area contributed by atoms with Crippen LogP contribution in [0.25, 0.3) is 38.6 Å². The maximum atomic E-state index is 8.96. The van der Waals surface area contributed by atoms with E-state index in [2.05, 4.69) is 83.4 Å². The maximum Gasteiger partial charge on any atom is 0.0991 e. The molecule has 0 saturated heterocycles. The third kappa shape index (κ3) is 2.49. The molecule has 0 bridgehead atoms. The summed E-state index contributed by atoms with van der Waals surface area (Å²) in [6.45, 7) is 0. The van der Waals surface area contributed by atoms with E-state index in [0.29, 0.717) is 5.56 Å². The monoisotopic (exact) mass is 344 g/mol. The van der Waals surface area contributed by atoms with Crippen LogP contribution in [0.5, 0.6) is 0 Å². The van der Waals surface area contributed by atoms with Gasteiger partial charge in [-0.05, 0) is 47.5 Å². The predicted molar refractivity (Wildman–Crippen MR) is 111 cm³/mol. The van der Waals surface area contributed by atoms with E-state index in [1.807, 2.05) is 24.3 Å². The van der Waals surface area contributed by atoms with Crippen molar-refractivity contribution in [2.75, 3.05) is 0 Å². The summed E-state index contributed by atoms with van der Waals surface area (Å²) >= 11 is 0. The van der Waals surface area contributed by atoms with Crippen LogP contribution >= 0.6 is 0 Å². The first-order valence-electron chi connectivity index (χ1n) is 8.94. The molecule has 0 N–H and O–H groups in total. The van der Waals surface area contributed by atoms with Crippen LogP contribution in [0.2, 0.25) is 0 Å². The molecule has 0 unspecified atom stereocenters. The van der Waals surface area contributed by atoms with E-state index in [1.165, 1.54) is 21.8 Å². The fraction of sp³-hybridized carbons (Fsp3) is 0. The highest BCUT2D eigenvalue weighted by Crippen LogP contribution is 2.32. The second-order valence-corrected chi connectivity index (χ2v) is 6.61. The molecule has 4 aromatic carbocycles. The summed E-state index contributed by atoms with van der Waals surface area (Å²) in [6.07, 6.45) is 0. The van der Waals surface area contributed by atoms with Crippen molar-refractivity contribution < 1.29 is 0 Å². The second-order valence-electron chi connectivity index (χ2n) is 6.61. The van der Waals surface area contributed by atoms with Crippen LogP contribution in [0.1, 0.15) is 5.56 Å². The van der Waals surface area contributed by atoms with Crippen molar-refractivity contribution in [3.05, 3.63) is 103 Å². The van der Waals surface area contributed by atoms with Gasteiger partial charge in [0.1, 0.15) is 0 Å². The fourth-order valence-corrected chi connectivity index (χ4v) is 3.74. The van der Waals surface area contributed by atoms with Crippen molar-refractivity contribution in [1.82, 2.24) is 4.57 Å². The van der Waals surface area contributed by atoms with Crippen molar-refractivity contribution in [3.8, 4) is 22.9 Å². The van der Waals surface area contributed by atoms with Gasteiger partial charge >= 0.3 is 0 Å². The summed E-state index contributed by atoms with van der Waals surface area (Å²) in [5.41, 5.74) is 6.51. The molecule has 0 saturated carbocycles. The fourth-order valence-electron chi connectivity index (χ4n) is 3.74. The molecule has 0 atom stereocenters. The molecule has 0 radical (unpaired) electrons. The average Bonchev–Trinajstić information content (AvgIpc) is 3.08. The number of nitrogens with zero attached hydrogens (tertiary/aromatic N) is 2. The van der Waals surface area contributed by atoms with Crippen LogP contribution in [0.4, 0.5) is 0 Å². The number of fused-ring (bicyclic) bond motifs is 3. The van der Waals surface area contributed by atoms with Crippen LogP contribution in [0.15, 0.2) is 97.1 Å². The first-order chi connectivity index (χ1) is 13.3. The maximum absolute atomic E-state index is 8.96. The molecule has 0 aliphatic carbocycles. The second kappa shape index (κ2) is 6.16. The molecule has 2 heteroatoms. The van der Waals surface area contributed by atoms with E-state index >= 15 is 0 Å². The Morgan fingerprint density at radius 3 is 1.56 bits per heavy atom. The third-order valence-corrected chi connectivity index (χ3v) is 5.05. The number of hydrogen-bond acceptors (Lipinski definition) is 1. The molecule has 0 spiro atoms. The molecule has 2 nitrogen and oxygen atoms in total. The summed E-state index contributed by atoms with van der Waals surface area (Å²) in [5, 5.41) is 11.5. The lowest BCUT2D eigenvalue weighted by Crippen LogP contribution is -1.93. The van der Waals surface area contributed by atoms with E-state index < -0.39 is 0 Å². The Hall–Kier alpha value is -3.83. The Balaban J connectivity index is 1.65. The van der Waals surface area contributed by atoms with Gasteiger partial charge in [0.05, 0.1) is 22.7 Å². The highest BCUT2D eigenvalue weighted by molar-refractivity contribution is 6.09. The molecule has 0 fully saturated rings. The van der Waals surface area contributed by atoms with E-state index in [-0.39, 0.29) is 0 Å².